The van der Waals surface area contributed by atoms with Crippen molar-refractivity contribution in [1.29, 1.82) is 0 Å². The second kappa shape index (κ2) is 4.46. The van der Waals surface area contributed by atoms with Gasteiger partial charge in [0.1, 0.15) is 6.10 Å². The van der Waals surface area contributed by atoms with Crippen molar-refractivity contribution in [3.8, 4) is 0 Å². The van der Waals surface area contributed by atoms with Crippen LogP contribution in [0.4, 0.5) is 0 Å². The van der Waals surface area contributed by atoms with Gasteiger partial charge < -0.3 is 14.5 Å². The van der Waals surface area contributed by atoms with Crippen LogP contribution in [0.2, 0.25) is 0 Å². The first-order valence-corrected chi connectivity index (χ1v) is 3.96. The van der Waals surface area contributed by atoms with Crippen molar-refractivity contribution in [3.05, 3.63) is 0 Å². The molecular formula is C8H15NO2. The van der Waals surface area contributed by atoms with Crippen LogP contribution in [0.3, 0.4) is 0 Å². The molecule has 11 heavy (non-hydrogen) atoms. The molecule has 0 bridgehead atoms. The number of ether oxygens (including phenoxy) is 2. The molecule has 0 radical (unpaired) electrons. The lowest BCUT2D eigenvalue weighted by Gasteiger charge is -2.08. The standard InChI is InChI=1S/C8H15NO2/c1-7(3-4-9-2)10-5-8-6-11-8/h4,7-8H,3,5-6H2,1-2H3/b9-4+. The van der Waals surface area contributed by atoms with Crippen molar-refractivity contribution in [2.24, 2.45) is 4.99 Å². The average molecular weight is 157 g/mol. The summed E-state index contributed by atoms with van der Waals surface area (Å²) in [4.78, 5) is 3.88. The minimum absolute atomic E-state index is 0.267. The van der Waals surface area contributed by atoms with Crippen LogP contribution < -0.4 is 0 Å². The molecule has 0 amide bonds. The molecule has 1 aliphatic rings. The van der Waals surface area contributed by atoms with Crippen LogP contribution in [0.15, 0.2) is 4.99 Å². The predicted octanol–water partition coefficient (Wildman–Crippen LogP) is 0.881. The summed E-state index contributed by atoms with van der Waals surface area (Å²) >= 11 is 0. The third-order valence-electron chi connectivity index (χ3n) is 1.59. The molecule has 0 saturated carbocycles. The van der Waals surface area contributed by atoms with Crippen LogP contribution in [-0.2, 0) is 9.47 Å². The molecule has 1 fully saturated rings. The second-order valence-corrected chi connectivity index (χ2v) is 2.78. The maximum Gasteiger partial charge on any atom is 0.104 e. The first-order valence-electron chi connectivity index (χ1n) is 3.96. The van der Waals surface area contributed by atoms with E-state index in [2.05, 4.69) is 4.99 Å². The van der Waals surface area contributed by atoms with E-state index in [0.29, 0.717) is 6.10 Å². The Morgan fingerprint density at radius 3 is 3.09 bits per heavy atom. The zero-order chi connectivity index (χ0) is 8.10. The van der Waals surface area contributed by atoms with Crippen LogP contribution in [-0.4, -0.2) is 38.7 Å². The summed E-state index contributed by atoms with van der Waals surface area (Å²) in [6.07, 6.45) is 3.40. The molecule has 1 aliphatic heterocycles. The zero-order valence-corrected chi connectivity index (χ0v) is 7.12. The topological polar surface area (TPSA) is 34.1 Å². The summed E-state index contributed by atoms with van der Waals surface area (Å²) in [5.41, 5.74) is 0. The van der Waals surface area contributed by atoms with Gasteiger partial charge in [0.2, 0.25) is 0 Å². The van der Waals surface area contributed by atoms with E-state index < -0.39 is 0 Å². The fraction of sp³-hybridized carbons (Fsp3) is 0.875. The van der Waals surface area contributed by atoms with Crippen LogP contribution in [0.25, 0.3) is 0 Å². The highest BCUT2D eigenvalue weighted by Gasteiger charge is 2.22. The highest BCUT2D eigenvalue weighted by atomic mass is 16.6. The summed E-state index contributed by atoms with van der Waals surface area (Å²) < 4.78 is 10.5. The molecule has 1 rings (SSSR count). The summed E-state index contributed by atoms with van der Waals surface area (Å²) in [6.45, 7) is 3.65. The van der Waals surface area contributed by atoms with Crippen LogP contribution in [0.5, 0.6) is 0 Å². The van der Waals surface area contributed by atoms with E-state index >= 15 is 0 Å². The Morgan fingerprint density at radius 2 is 2.55 bits per heavy atom. The van der Waals surface area contributed by atoms with E-state index in [1.807, 2.05) is 13.1 Å². The van der Waals surface area contributed by atoms with E-state index in [1.54, 1.807) is 7.05 Å². The summed E-state index contributed by atoms with van der Waals surface area (Å²) in [7, 11) is 1.77. The van der Waals surface area contributed by atoms with Crippen molar-refractivity contribution in [1.82, 2.24) is 0 Å². The molecule has 1 saturated heterocycles. The Morgan fingerprint density at radius 1 is 1.82 bits per heavy atom. The third-order valence-corrected chi connectivity index (χ3v) is 1.59. The van der Waals surface area contributed by atoms with E-state index in [1.165, 1.54) is 0 Å². The van der Waals surface area contributed by atoms with Gasteiger partial charge in [0.05, 0.1) is 19.3 Å². The second-order valence-electron chi connectivity index (χ2n) is 2.78. The molecule has 0 N–H and O–H groups in total. The number of epoxide rings is 1. The number of hydrogen-bond acceptors (Lipinski definition) is 3. The third kappa shape index (κ3) is 4.11. The highest BCUT2D eigenvalue weighted by Crippen LogP contribution is 2.10. The van der Waals surface area contributed by atoms with Crippen molar-refractivity contribution >= 4 is 6.21 Å². The van der Waals surface area contributed by atoms with E-state index in [0.717, 1.165) is 19.6 Å². The number of hydrogen-bond donors (Lipinski definition) is 0. The number of nitrogens with zero attached hydrogens (tertiary/aromatic N) is 1. The summed E-state index contributed by atoms with van der Waals surface area (Å²) in [5.74, 6) is 0. The fourth-order valence-electron chi connectivity index (χ4n) is 0.758. The van der Waals surface area contributed by atoms with Gasteiger partial charge in [0.15, 0.2) is 0 Å². The Bertz CT molecular complexity index is 132. The molecule has 0 aromatic heterocycles. The van der Waals surface area contributed by atoms with Gasteiger partial charge in [-0.25, -0.2) is 0 Å². The van der Waals surface area contributed by atoms with E-state index in [9.17, 15) is 0 Å². The Balaban J connectivity index is 1.95. The molecule has 1 heterocycles. The Kier molecular flexibility index (Phi) is 3.52. The van der Waals surface area contributed by atoms with Gasteiger partial charge in [0.25, 0.3) is 0 Å². The van der Waals surface area contributed by atoms with E-state index in [-0.39, 0.29) is 6.10 Å². The molecule has 2 unspecified atom stereocenters. The van der Waals surface area contributed by atoms with Crippen molar-refractivity contribution in [3.63, 3.8) is 0 Å². The first-order chi connectivity index (χ1) is 5.33. The Labute approximate surface area is 67.4 Å². The van der Waals surface area contributed by atoms with Gasteiger partial charge in [-0.1, -0.05) is 0 Å². The van der Waals surface area contributed by atoms with Crippen molar-refractivity contribution in [2.75, 3.05) is 20.3 Å². The highest BCUT2D eigenvalue weighted by molar-refractivity contribution is 5.57. The largest absolute Gasteiger partial charge is 0.375 e. The lowest BCUT2D eigenvalue weighted by Crippen LogP contribution is -2.12. The molecule has 3 nitrogen and oxygen atoms in total. The normalized spacial score (nSPS) is 25.8. The molecule has 0 aliphatic carbocycles. The smallest absolute Gasteiger partial charge is 0.104 e. The lowest BCUT2D eigenvalue weighted by atomic mass is 10.3. The van der Waals surface area contributed by atoms with Gasteiger partial charge in [-0.2, -0.15) is 0 Å². The van der Waals surface area contributed by atoms with Gasteiger partial charge in [-0.05, 0) is 6.92 Å². The van der Waals surface area contributed by atoms with Gasteiger partial charge >= 0.3 is 0 Å². The average Bonchev–Trinajstić information content (AvgIpc) is 2.80. The molecule has 0 aromatic rings. The van der Waals surface area contributed by atoms with Crippen LogP contribution in [0.1, 0.15) is 13.3 Å². The maximum absolute atomic E-state index is 5.45. The zero-order valence-electron chi connectivity index (χ0n) is 7.12. The molecule has 0 spiro atoms. The summed E-state index contributed by atoms with van der Waals surface area (Å²) in [6, 6.07) is 0. The van der Waals surface area contributed by atoms with Gasteiger partial charge in [-0.3, -0.25) is 0 Å². The number of rotatable bonds is 5. The van der Waals surface area contributed by atoms with Crippen molar-refractivity contribution in [2.45, 2.75) is 25.6 Å². The quantitative estimate of drug-likeness (QED) is 0.438. The van der Waals surface area contributed by atoms with Gasteiger partial charge in [-0.15, -0.1) is 0 Å². The first kappa shape index (κ1) is 8.68. The SMILES string of the molecule is C/N=C/CC(C)OCC1CO1. The molecule has 3 heteroatoms. The predicted molar refractivity (Wildman–Crippen MR) is 44.2 cm³/mol. The monoisotopic (exact) mass is 157 g/mol. The number of aliphatic imine (C=N–C) groups is 1. The molecule has 0 aromatic carbocycles. The molecular weight excluding hydrogens is 142 g/mol. The maximum atomic E-state index is 5.45. The van der Waals surface area contributed by atoms with E-state index in [4.69, 9.17) is 9.47 Å². The summed E-state index contributed by atoms with van der Waals surface area (Å²) in [5, 5.41) is 0. The molecule has 2 atom stereocenters. The fourth-order valence-corrected chi connectivity index (χ4v) is 0.758. The Hall–Kier alpha value is -0.410. The molecule has 64 valence electrons. The van der Waals surface area contributed by atoms with Gasteiger partial charge in [0, 0.05) is 19.7 Å². The van der Waals surface area contributed by atoms with Crippen LogP contribution >= 0.6 is 0 Å². The lowest BCUT2D eigenvalue weighted by molar-refractivity contribution is 0.0597. The minimum Gasteiger partial charge on any atom is -0.375 e. The minimum atomic E-state index is 0.267. The van der Waals surface area contributed by atoms with Crippen LogP contribution in [0, 0.1) is 0 Å². The van der Waals surface area contributed by atoms with Crippen molar-refractivity contribution < 1.29 is 9.47 Å².